The van der Waals surface area contributed by atoms with Gasteiger partial charge < -0.3 is 0 Å². The van der Waals surface area contributed by atoms with Crippen LogP contribution < -0.4 is 0 Å². The van der Waals surface area contributed by atoms with Gasteiger partial charge in [0.2, 0.25) is 10.3 Å². The van der Waals surface area contributed by atoms with Crippen molar-refractivity contribution in [2.24, 2.45) is 15.3 Å². The van der Waals surface area contributed by atoms with Gasteiger partial charge in [0, 0.05) is 18.6 Å². The fourth-order valence-electron chi connectivity index (χ4n) is 1.26. The molecule has 2 rings (SSSR count). The Kier molecular flexibility index (Phi) is 3.48. The molecule has 0 saturated carbocycles. The van der Waals surface area contributed by atoms with Crippen molar-refractivity contribution in [3.63, 3.8) is 0 Å². The van der Waals surface area contributed by atoms with E-state index in [1.165, 1.54) is 16.8 Å². The summed E-state index contributed by atoms with van der Waals surface area (Å²) < 4.78 is 4.05. The fourth-order valence-corrected chi connectivity index (χ4v) is 2.32. The molecule has 0 aliphatic carbocycles. The number of amides is 1. The van der Waals surface area contributed by atoms with Crippen molar-refractivity contribution < 1.29 is 4.79 Å². The highest BCUT2D eigenvalue weighted by Crippen LogP contribution is 2.21. The summed E-state index contributed by atoms with van der Waals surface area (Å²) in [6, 6.07) is -0.623. The summed E-state index contributed by atoms with van der Waals surface area (Å²) in [5.74, 6) is -0.180. The fraction of sp³-hybridized carbons (Fsp3) is 0.500. The van der Waals surface area contributed by atoms with Crippen LogP contribution in [-0.4, -0.2) is 45.3 Å². The van der Waals surface area contributed by atoms with Crippen molar-refractivity contribution in [2.75, 3.05) is 13.3 Å². The zero-order valence-corrected chi connectivity index (χ0v) is 11.1. The van der Waals surface area contributed by atoms with Crippen LogP contribution in [0.1, 0.15) is 6.92 Å². The van der Waals surface area contributed by atoms with Crippen molar-refractivity contribution in [1.29, 1.82) is 0 Å². The van der Waals surface area contributed by atoms with Crippen LogP contribution in [-0.2, 0) is 4.79 Å². The number of hydrazone groups is 1. The van der Waals surface area contributed by atoms with E-state index in [9.17, 15) is 4.79 Å². The largest absolute Gasteiger partial charge is 0.275 e. The highest BCUT2D eigenvalue weighted by atomic mass is 32.2. The van der Waals surface area contributed by atoms with E-state index in [1.54, 1.807) is 14.0 Å². The third-order valence-electron chi connectivity index (χ3n) is 2.09. The number of likely N-dealkylation sites (N-methyl/N-ethyl adjacent to an activating group) is 1. The number of thioether (sulfide) groups is 1. The van der Waals surface area contributed by atoms with E-state index in [-0.39, 0.29) is 5.91 Å². The first-order valence-electron chi connectivity index (χ1n) is 4.73. The standard InChI is InChI=1S/C8H10N6OS2/c1-4-5(6(15)14(2)12-4)10-11-7-9-8(16-3)13-17-7/h5H,1-3H3. The topological polar surface area (TPSA) is 83.2 Å². The van der Waals surface area contributed by atoms with Gasteiger partial charge in [-0.2, -0.15) is 19.6 Å². The van der Waals surface area contributed by atoms with Gasteiger partial charge in [-0.25, -0.2) is 5.01 Å². The predicted molar refractivity (Wildman–Crippen MR) is 65.9 cm³/mol. The van der Waals surface area contributed by atoms with Crippen molar-refractivity contribution in [2.45, 2.75) is 18.1 Å². The highest BCUT2D eigenvalue weighted by molar-refractivity contribution is 7.98. The molecule has 0 bridgehead atoms. The Balaban J connectivity index is 2.11. The average molecular weight is 270 g/mol. The number of carbonyl (C=O) groups is 1. The Hall–Kier alpha value is -1.35. The Morgan fingerprint density at radius 1 is 1.53 bits per heavy atom. The first-order valence-corrected chi connectivity index (χ1v) is 6.73. The SMILES string of the molecule is CSc1nsc(N=NC2C(=O)N(C)N=C2C)n1. The lowest BCUT2D eigenvalue weighted by Crippen LogP contribution is -2.27. The summed E-state index contributed by atoms with van der Waals surface area (Å²) in [6.07, 6.45) is 1.88. The van der Waals surface area contributed by atoms with Gasteiger partial charge in [-0.15, -0.1) is 5.11 Å². The number of carbonyl (C=O) groups excluding carboxylic acids is 1. The first kappa shape index (κ1) is 12.1. The number of aromatic nitrogens is 2. The third-order valence-corrected chi connectivity index (χ3v) is 3.36. The second kappa shape index (κ2) is 4.88. The van der Waals surface area contributed by atoms with Crippen molar-refractivity contribution >= 4 is 40.0 Å². The van der Waals surface area contributed by atoms with Gasteiger partial charge >= 0.3 is 0 Å². The van der Waals surface area contributed by atoms with E-state index < -0.39 is 6.04 Å². The smallest absolute Gasteiger partial charge is 0.270 e. The molecule has 90 valence electrons. The number of nitrogens with zero attached hydrogens (tertiary/aromatic N) is 6. The maximum atomic E-state index is 11.6. The molecule has 1 aromatic rings. The molecule has 0 saturated heterocycles. The van der Waals surface area contributed by atoms with Crippen LogP contribution in [0.25, 0.3) is 0 Å². The van der Waals surface area contributed by atoms with Crippen LogP contribution in [0.2, 0.25) is 0 Å². The maximum absolute atomic E-state index is 11.6. The van der Waals surface area contributed by atoms with Crippen molar-refractivity contribution in [1.82, 2.24) is 14.4 Å². The van der Waals surface area contributed by atoms with Gasteiger partial charge in [0.15, 0.2) is 6.04 Å². The lowest BCUT2D eigenvalue weighted by molar-refractivity contribution is -0.128. The van der Waals surface area contributed by atoms with E-state index in [4.69, 9.17) is 0 Å². The molecule has 1 unspecified atom stereocenters. The predicted octanol–water partition coefficient (Wildman–Crippen LogP) is 1.56. The van der Waals surface area contributed by atoms with Gasteiger partial charge in [0.25, 0.3) is 5.91 Å². The van der Waals surface area contributed by atoms with Crippen LogP contribution in [0.4, 0.5) is 5.13 Å². The lowest BCUT2D eigenvalue weighted by Gasteiger charge is -2.02. The van der Waals surface area contributed by atoms with Crippen LogP contribution in [0, 0.1) is 0 Å². The minimum absolute atomic E-state index is 0.180. The molecule has 1 aliphatic heterocycles. The monoisotopic (exact) mass is 270 g/mol. The van der Waals surface area contributed by atoms with Gasteiger partial charge in [-0.05, 0) is 13.2 Å². The molecule has 2 heterocycles. The molecule has 9 heteroatoms. The van der Waals surface area contributed by atoms with Crippen molar-refractivity contribution in [3.05, 3.63) is 0 Å². The Bertz CT molecular complexity index is 496. The number of hydrogen-bond acceptors (Lipinski definition) is 8. The summed E-state index contributed by atoms with van der Waals surface area (Å²) in [5, 5.41) is 14.2. The van der Waals surface area contributed by atoms with Crippen LogP contribution in [0.3, 0.4) is 0 Å². The summed E-state index contributed by atoms with van der Waals surface area (Å²) in [6.45, 7) is 1.75. The third kappa shape index (κ3) is 2.50. The molecule has 1 amide bonds. The molecule has 1 atom stereocenters. The molecule has 0 fully saturated rings. The second-order valence-electron chi connectivity index (χ2n) is 3.28. The maximum Gasteiger partial charge on any atom is 0.275 e. The molecule has 0 radical (unpaired) electrons. The Labute approximate surface area is 106 Å². The van der Waals surface area contributed by atoms with E-state index in [0.717, 1.165) is 11.5 Å². The summed E-state index contributed by atoms with van der Waals surface area (Å²) >= 11 is 2.59. The molecule has 0 spiro atoms. The summed E-state index contributed by atoms with van der Waals surface area (Å²) in [5.41, 5.74) is 0.635. The van der Waals surface area contributed by atoms with E-state index >= 15 is 0 Å². The molecule has 7 nitrogen and oxygen atoms in total. The first-order chi connectivity index (χ1) is 8.11. The van der Waals surface area contributed by atoms with Gasteiger partial charge in [-0.1, -0.05) is 11.8 Å². The van der Waals surface area contributed by atoms with Gasteiger partial charge in [0.1, 0.15) is 0 Å². The molecule has 17 heavy (non-hydrogen) atoms. The zero-order chi connectivity index (χ0) is 12.4. The minimum atomic E-state index is -0.623. The van der Waals surface area contributed by atoms with E-state index in [1.807, 2.05) is 6.26 Å². The Morgan fingerprint density at radius 3 is 2.82 bits per heavy atom. The molecule has 1 aliphatic rings. The lowest BCUT2D eigenvalue weighted by atomic mass is 10.2. The molecule has 1 aromatic heterocycles. The normalized spacial score (nSPS) is 20.4. The number of hydrogen-bond donors (Lipinski definition) is 0. The van der Waals surface area contributed by atoms with Crippen LogP contribution >= 0.6 is 23.3 Å². The van der Waals surface area contributed by atoms with E-state index in [2.05, 4.69) is 24.7 Å². The van der Waals surface area contributed by atoms with Gasteiger partial charge in [-0.3, -0.25) is 4.79 Å². The second-order valence-corrected chi connectivity index (χ2v) is 4.79. The average Bonchev–Trinajstić information content (AvgIpc) is 2.84. The minimum Gasteiger partial charge on any atom is -0.270 e. The number of rotatable bonds is 3. The van der Waals surface area contributed by atoms with Gasteiger partial charge in [0.05, 0.1) is 5.71 Å². The summed E-state index contributed by atoms with van der Waals surface area (Å²) in [4.78, 5) is 15.7. The Morgan fingerprint density at radius 2 is 2.29 bits per heavy atom. The van der Waals surface area contributed by atoms with Crippen molar-refractivity contribution in [3.8, 4) is 0 Å². The van der Waals surface area contributed by atoms with Crippen LogP contribution in [0.5, 0.6) is 0 Å². The summed E-state index contributed by atoms with van der Waals surface area (Å²) in [7, 11) is 1.60. The molecule has 0 aromatic carbocycles. The molecular formula is C8H10N6OS2. The van der Waals surface area contributed by atoms with E-state index in [0.29, 0.717) is 16.0 Å². The number of azo groups is 1. The molecule has 0 N–H and O–H groups in total. The zero-order valence-electron chi connectivity index (χ0n) is 9.49. The van der Waals surface area contributed by atoms with Crippen LogP contribution in [0.15, 0.2) is 20.5 Å². The highest BCUT2D eigenvalue weighted by Gasteiger charge is 2.31. The molecular weight excluding hydrogens is 260 g/mol. The quantitative estimate of drug-likeness (QED) is 0.616.